The Balaban J connectivity index is 1.96. The standard InChI is InChI=1S/C10H14N2O3/c13-9-5-11-12(6-9)8-3-1-7(2-4-8)10(14)15/h5-8,13H,1-4H2,(H,14,15). The number of aromatic hydroxyl groups is 1. The fourth-order valence-corrected chi connectivity index (χ4v) is 2.12. The van der Waals surface area contributed by atoms with E-state index in [0.717, 1.165) is 12.8 Å². The molecule has 2 rings (SSSR count). The summed E-state index contributed by atoms with van der Waals surface area (Å²) >= 11 is 0. The first-order valence-corrected chi connectivity index (χ1v) is 5.12. The van der Waals surface area contributed by atoms with Gasteiger partial charge in [0.15, 0.2) is 5.75 Å². The Morgan fingerprint density at radius 2 is 2.07 bits per heavy atom. The predicted molar refractivity (Wildman–Crippen MR) is 52.5 cm³/mol. The molecule has 1 aliphatic rings. The molecule has 0 radical (unpaired) electrons. The molecule has 0 unspecified atom stereocenters. The second kappa shape index (κ2) is 3.92. The lowest BCUT2D eigenvalue weighted by Crippen LogP contribution is -2.23. The molecule has 1 aliphatic carbocycles. The van der Waals surface area contributed by atoms with Crippen molar-refractivity contribution in [3.05, 3.63) is 12.4 Å². The lowest BCUT2D eigenvalue weighted by atomic mass is 9.86. The zero-order valence-corrected chi connectivity index (χ0v) is 8.33. The SMILES string of the molecule is O=C(O)C1CCC(n2cc(O)cn2)CC1. The highest BCUT2D eigenvalue weighted by Crippen LogP contribution is 2.32. The van der Waals surface area contributed by atoms with Crippen LogP contribution in [0.2, 0.25) is 0 Å². The van der Waals surface area contributed by atoms with Crippen LogP contribution in [0.3, 0.4) is 0 Å². The third-order valence-electron chi connectivity index (χ3n) is 3.01. The summed E-state index contributed by atoms with van der Waals surface area (Å²) in [5, 5.41) is 22.0. The van der Waals surface area contributed by atoms with Gasteiger partial charge in [-0.15, -0.1) is 0 Å². The van der Waals surface area contributed by atoms with E-state index in [1.807, 2.05) is 0 Å². The quantitative estimate of drug-likeness (QED) is 0.773. The largest absolute Gasteiger partial charge is 0.505 e. The highest BCUT2D eigenvalue weighted by atomic mass is 16.4. The summed E-state index contributed by atoms with van der Waals surface area (Å²) in [6.07, 6.45) is 6.02. The molecule has 0 amide bonds. The topological polar surface area (TPSA) is 75.3 Å². The molecular weight excluding hydrogens is 196 g/mol. The van der Waals surface area contributed by atoms with Gasteiger partial charge in [-0.05, 0) is 25.7 Å². The second-order valence-electron chi connectivity index (χ2n) is 4.02. The number of hydrogen-bond acceptors (Lipinski definition) is 3. The van der Waals surface area contributed by atoms with E-state index in [1.165, 1.54) is 6.20 Å². The van der Waals surface area contributed by atoms with E-state index in [9.17, 15) is 4.79 Å². The Hall–Kier alpha value is -1.52. The summed E-state index contributed by atoms with van der Waals surface area (Å²) in [5.41, 5.74) is 0. The zero-order chi connectivity index (χ0) is 10.8. The molecule has 0 aliphatic heterocycles. The van der Waals surface area contributed by atoms with Crippen molar-refractivity contribution in [3.8, 4) is 5.75 Å². The summed E-state index contributed by atoms with van der Waals surface area (Å²) in [4.78, 5) is 10.7. The normalized spacial score (nSPS) is 26.4. The van der Waals surface area contributed by atoms with Crippen LogP contribution in [0.5, 0.6) is 5.75 Å². The van der Waals surface area contributed by atoms with Crippen LogP contribution in [-0.2, 0) is 4.79 Å². The minimum atomic E-state index is -0.697. The fraction of sp³-hybridized carbons (Fsp3) is 0.600. The lowest BCUT2D eigenvalue weighted by Gasteiger charge is -2.26. The van der Waals surface area contributed by atoms with Crippen molar-refractivity contribution in [2.24, 2.45) is 5.92 Å². The van der Waals surface area contributed by atoms with Crippen LogP contribution in [0.25, 0.3) is 0 Å². The molecule has 0 saturated heterocycles. The lowest BCUT2D eigenvalue weighted by molar-refractivity contribution is -0.143. The number of carboxylic acids is 1. The van der Waals surface area contributed by atoms with Crippen molar-refractivity contribution in [1.29, 1.82) is 0 Å². The smallest absolute Gasteiger partial charge is 0.306 e. The van der Waals surface area contributed by atoms with E-state index >= 15 is 0 Å². The summed E-state index contributed by atoms with van der Waals surface area (Å²) in [5.74, 6) is -0.738. The maximum absolute atomic E-state index is 10.7. The van der Waals surface area contributed by atoms with Gasteiger partial charge in [0.1, 0.15) is 0 Å². The Labute approximate surface area is 87.3 Å². The van der Waals surface area contributed by atoms with E-state index in [1.54, 1.807) is 10.9 Å². The molecule has 5 nitrogen and oxygen atoms in total. The van der Waals surface area contributed by atoms with Gasteiger partial charge in [-0.25, -0.2) is 0 Å². The fourth-order valence-electron chi connectivity index (χ4n) is 2.12. The molecule has 1 saturated carbocycles. The maximum Gasteiger partial charge on any atom is 0.306 e. The van der Waals surface area contributed by atoms with Crippen LogP contribution < -0.4 is 0 Å². The first kappa shape index (κ1) is 10.0. The van der Waals surface area contributed by atoms with Crippen LogP contribution >= 0.6 is 0 Å². The van der Waals surface area contributed by atoms with Gasteiger partial charge in [-0.3, -0.25) is 9.48 Å². The highest BCUT2D eigenvalue weighted by molar-refractivity contribution is 5.70. The highest BCUT2D eigenvalue weighted by Gasteiger charge is 2.26. The molecule has 2 N–H and O–H groups in total. The molecule has 1 fully saturated rings. The van der Waals surface area contributed by atoms with Crippen molar-refractivity contribution in [2.45, 2.75) is 31.7 Å². The summed E-state index contributed by atoms with van der Waals surface area (Å²) in [6.45, 7) is 0. The van der Waals surface area contributed by atoms with E-state index in [2.05, 4.69) is 5.10 Å². The first-order chi connectivity index (χ1) is 7.16. The number of hydrogen-bond donors (Lipinski definition) is 2. The molecule has 1 heterocycles. The van der Waals surface area contributed by atoms with E-state index in [-0.39, 0.29) is 17.7 Å². The van der Waals surface area contributed by atoms with Crippen molar-refractivity contribution >= 4 is 5.97 Å². The average Bonchev–Trinajstić information content (AvgIpc) is 2.65. The molecule has 1 aromatic heterocycles. The van der Waals surface area contributed by atoms with E-state index in [0.29, 0.717) is 12.8 Å². The van der Waals surface area contributed by atoms with Crippen molar-refractivity contribution in [3.63, 3.8) is 0 Å². The Bertz CT molecular complexity index is 353. The number of nitrogens with zero attached hydrogens (tertiary/aromatic N) is 2. The van der Waals surface area contributed by atoms with Gasteiger partial charge in [0.2, 0.25) is 0 Å². The first-order valence-electron chi connectivity index (χ1n) is 5.12. The van der Waals surface area contributed by atoms with Crippen LogP contribution in [0.4, 0.5) is 0 Å². The van der Waals surface area contributed by atoms with Gasteiger partial charge in [-0.2, -0.15) is 5.10 Å². The monoisotopic (exact) mass is 210 g/mol. The number of carbonyl (C=O) groups is 1. The van der Waals surface area contributed by atoms with Crippen molar-refractivity contribution in [1.82, 2.24) is 9.78 Å². The van der Waals surface area contributed by atoms with Crippen LogP contribution in [0.15, 0.2) is 12.4 Å². The molecule has 82 valence electrons. The Morgan fingerprint density at radius 3 is 2.53 bits per heavy atom. The molecule has 0 aromatic carbocycles. The third-order valence-corrected chi connectivity index (χ3v) is 3.01. The van der Waals surface area contributed by atoms with E-state index in [4.69, 9.17) is 10.2 Å². The van der Waals surface area contributed by atoms with Crippen molar-refractivity contribution in [2.75, 3.05) is 0 Å². The van der Waals surface area contributed by atoms with Crippen LogP contribution in [0.1, 0.15) is 31.7 Å². The molecule has 5 heteroatoms. The molecule has 15 heavy (non-hydrogen) atoms. The van der Waals surface area contributed by atoms with Crippen LogP contribution in [0, 0.1) is 5.92 Å². The van der Waals surface area contributed by atoms with Gasteiger partial charge >= 0.3 is 5.97 Å². The summed E-state index contributed by atoms with van der Waals surface area (Å²) < 4.78 is 1.73. The zero-order valence-electron chi connectivity index (χ0n) is 8.33. The molecule has 0 spiro atoms. The predicted octanol–water partition coefficient (Wildman–Crippen LogP) is 1.40. The number of carboxylic acid groups (broad SMARTS) is 1. The van der Waals surface area contributed by atoms with Gasteiger partial charge in [0.25, 0.3) is 0 Å². The van der Waals surface area contributed by atoms with E-state index < -0.39 is 5.97 Å². The third kappa shape index (κ3) is 2.11. The molecule has 1 aromatic rings. The van der Waals surface area contributed by atoms with Crippen LogP contribution in [-0.4, -0.2) is 26.0 Å². The van der Waals surface area contributed by atoms with Gasteiger partial charge in [0, 0.05) is 0 Å². The average molecular weight is 210 g/mol. The minimum Gasteiger partial charge on any atom is -0.505 e. The minimum absolute atomic E-state index is 0.162. The maximum atomic E-state index is 10.7. The number of aromatic nitrogens is 2. The second-order valence-corrected chi connectivity index (χ2v) is 4.02. The molecule has 0 atom stereocenters. The summed E-state index contributed by atoms with van der Waals surface area (Å²) in [6, 6.07) is 0.237. The van der Waals surface area contributed by atoms with Gasteiger partial charge in [0.05, 0.1) is 24.4 Å². The Kier molecular flexibility index (Phi) is 2.62. The van der Waals surface area contributed by atoms with Gasteiger partial charge in [-0.1, -0.05) is 0 Å². The molecular formula is C10H14N2O3. The summed E-state index contributed by atoms with van der Waals surface area (Å²) in [7, 11) is 0. The Morgan fingerprint density at radius 1 is 1.40 bits per heavy atom. The van der Waals surface area contributed by atoms with Crippen molar-refractivity contribution < 1.29 is 15.0 Å². The molecule has 0 bridgehead atoms. The number of aliphatic carboxylic acids is 1. The van der Waals surface area contributed by atoms with Gasteiger partial charge < -0.3 is 10.2 Å². The number of rotatable bonds is 2.